The van der Waals surface area contributed by atoms with E-state index < -0.39 is 27.6 Å². The van der Waals surface area contributed by atoms with Crippen LogP contribution in [0.1, 0.15) is 29.2 Å². The Kier molecular flexibility index (Phi) is 11.1. The molecule has 1 amide bonds. The molecule has 9 nitrogen and oxygen atoms in total. The number of rotatable bonds is 13. The molecule has 1 fully saturated rings. The predicted octanol–water partition coefficient (Wildman–Crippen LogP) is 7.20. The average Bonchev–Trinajstić information content (AvgIpc) is 3.14. The van der Waals surface area contributed by atoms with E-state index in [1.54, 1.807) is 24.3 Å². The highest BCUT2D eigenvalue weighted by molar-refractivity contribution is 7.92. The maximum absolute atomic E-state index is 14.6. The van der Waals surface area contributed by atoms with Gasteiger partial charge in [0.2, 0.25) is 10.0 Å². The Hall–Kier alpha value is -5.42. The summed E-state index contributed by atoms with van der Waals surface area (Å²) in [6.45, 7) is 8.28. The highest BCUT2D eigenvalue weighted by Crippen LogP contribution is 2.40. The predicted molar refractivity (Wildman–Crippen MR) is 203 cm³/mol. The lowest BCUT2D eigenvalue weighted by Gasteiger charge is -2.40. The first-order valence-electron chi connectivity index (χ1n) is 17.1. The van der Waals surface area contributed by atoms with Crippen LogP contribution in [0.4, 0.5) is 5.69 Å². The topological polar surface area (TPSA) is 97.4 Å². The molecule has 0 spiro atoms. The number of hydroxylamine groups is 1. The van der Waals surface area contributed by atoms with Gasteiger partial charge in [-0.2, -0.15) is 0 Å². The fraction of sp³-hybridized carbons (Fsp3) is 0.214. The maximum Gasteiger partial charge on any atom is 0.262 e. The van der Waals surface area contributed by atoms with Crippen LogP contribution < -0.4 is 14.5 Å². The van der Waals surface area contributed by atoms with Crippen molar-refractivity contribution in [2.75, 3.05) is 30.2 Å². The Bertz CT molecular complexity index is 1960. The molecule has 0 radical (unpaired) electrons. The summed E-state index contributed by atoms with van der Waals surface area (Å²) in [6, 6.07) is 42.4. The molecular formula is C42H43N3O6S. The largest absolute Gasteiger partial charge is 0.493 e. The molecule has 268 valence electrons. The Morgan fingerprint density at radius 3 is 1.79 bits per heavy atom. The van der Waals surface area contributed by atoms with Crippen molar-refractivity contribution in [3.05, 3.63) is 174 Å². The Balaban J connectivity index is 1.34. The lowest BCUT2D eigenvalue weighted by atomic mass is 9.80. The van der Waals surface area contributed by atoms with E-state index >= 15 is 0 Å². The fourth-order valence-corrected chi connectivity index (χ4v) is 7.40. The normalized spacial score (nSPS) is 15.7. The minimum Gasteiger partial charge on any atom is -0.493 e. The van der Waals surface area contributed by atoms with Crippen LogP contribution in [0.3, 0.4) is 0 Å². The molecule has 5 aromatic carbocycles. The quantitative estimate of drug-likeness (QED) is 0.102. The van der Waals surface area contributed by atoms with Gasteiger partial charge in [0.15, 0.2) is 5.60 Å². The first kappa shape index (κ1) is 36.4. The molecule has 1 aliphatic rings. The number of benzene rings is 5. The monoisotopic (exact) mass is 717 g/mol. The number of carbonyl (C=O) groups excluding carboxylic acids is 1. The van der Waals surface area contributed by atoms with Crippen LogP contribution in [0, 0.1) is 6.92 Å². The van der Waals surface area contributed by atoms with Gasteiger partial charge in [-0.05, 0) is 66.9 Å². The first-order valence-corrected chi connectivity index (χ1v) is 18.9. The van der Waals surface area contributed by atoms with Crippen molar-refractivity contribution in [3.8, 4) is 11.5 Å². The number of hydrogen-bond donors (Lipinski definition) is 1. The molecular weight excluding hydrogens is 675 g/mol. The molecule has 0 bridgehead atoms. The number of nitrogens with zero attached hydrogens (tertiary/aromatic N) is 2. The number of sulfonamides is 1. The molecule has 0 unspecified atom stereocenters. The minimum atomic E-state index is -3.87. The summed E-state index contributed by atoms with van der Waals surface area (Å²) in [5, 5.41) is 0. The zero-order valence-corrected chi connectivity index (χ0v) is 30.3. The van der Waals surface area contributed by atoms with Crippen LogP contribution >= 0.6 is 0 Å². The lowest BCUT2D eigenvalue weighted by Crippen LogP contribution is -2.58. The van der Waals surface area contributed by atoms with E-state index in [1.807, 2.05) is 134 Å². The van der Waals surface area contributed by atoms with Crippen LogP contribution in [0.25, 0.3) is 0 Å². The third-order valence-electron chi connectivity index (χ3n) is 8.95. The van der Waals surface area contributed by atoms with Gasteiger partial charge in [0.25, 0.3) is 5.91 Å². The number of morpholine rings is 1. The second-order valence-corrected chi connectivity index (χ2v) is 14.9. The van der Waals surface area contributed by atoms with Crippen LogP contribution in [-0.2, 0) is 30.0 Å². The second-order valence-electron chi connectivity index (χ2n) is 13.0. The summed E-state index contributed by atoms with van der Waals surface area (Å²) in [7, 11) is -3.87. The van der Waals surface area contributed by atoms with E-state index in [9.17, 15) is 13.2 Å². The standard InChI is InChI=1S/C42H43N3O6S/c1-31-20-24-38(25-21-31)50-39-26-22-37(23-27-39)45(52(4,47)48)30-40(44-28-32(2)49-33(3)29-44)41(46)43-51-42(34-14-8-5-9-15-34,35-16-10-6-11-17-35)36-18-12-7-13-19-36/h5-27,33,40H,2,28-30H2,1,3-4H3,(H,43,46)/t33-,40+/m1/s1. The minimum absolute atomic E-state index is 0.207. The van der Waals surface area contributed by atoms with Gasteiger partial charge in [-0.25, -0.2) is 13.9 Å². The molecule has 1 saturated heterocycles. The van der Waals surface area contributed by atoms with Crippen molar-refractivity contribution in [1.29, 1.82) is 0 Å². The molecule has 10 heteroatoms. The van der Waals surface area contributed by atoms with Gasteiger partial charge < -0.3 is 9.47 Å². The van der Waals surface area contributed by atoms with E-state index in [0.29, 0.717) is 29.5 Å². The molecule has 5 aromatic rings. The Morgan fingerprint density at radius 1 is 0.846 bits per heavy atom. The summed E-state index contributed by atoms with van der Waals surface area (Å²) in [6.07, 6.45) is 0.848. The number of carbonyl (C=O) groups is 1. The van der Waals surface area contributed by atoms with Crippen molar-refractivity contribution in [2.24, 2.45) is 0 Å². The molecule has 52 heavy (non-hydrogen) atoms. The van der Waals surface area contributed by atoms with Gasteiger partial charge in [-0.15, -0.1) is 0 Å². The van der Waals surface area contributed by atoms with Gasteiger partial charge in [-0.1, -0.05) is 115 Å². The molecule has 0 aliphatic carbocycles. The Morgan fingerprint density at radius 2 is 1.33 bits per heavy atom. The van der Waals surface area contributed by atoms with E-state index in [2.05, 4.69) is 12.1 Å². The third-order valence-corrected chi connectivity index (χ3v) is 10.1. The van der Waals surface area contributed by atoms with Crippen LogP contribution in [0.2, 0.25) is 0 Å². The molecule has 1 heterocycles. The average molecular weight is 718 g/mol. The van der Waals surface area contributed by atoms with E-state index in [4.69, 9.17) is 14.3 Å². The molecule has 1 aliphatic heterocycles. The fourth-order valence-electron chi connectivity index (χ4n) is 6.48. The van der Waals surface area contributed by atoms with Gasteiger partial charge >= 0.3 is 0 Å². The van der Waals surface area contributed by atoms with Gasteiger partial charge in [0, 0.05) is 6.54 Å². The van der Waals surface area contributed by atoms with Gasteiger partial charge in [0.1, 0.15) is 29.4 Å². The van der Waals surface area contributed by atoms with E-state index in [1.165, 1.54) is 4.31 Å². The van der Waals surface area contributed by atoms with Crippen molar-refractivity contribution >= 4 is 21.6 Å². The smallest absolute Gasteiger partial charge is 0.262 e. The number of aryl methyl sites for hydroxylation is 1. The Labute approximate surface area is 306 Å². The molecule has 1 N–H and O–H groups in total. The van der Waals surface area contributed by atoms with Crippen molar-refractivity contribution in [3.63, 3.8) is 0 Å². The van der Waals surface area contributed by atoms with Crippen molar-refractivity contribution in [1.82, 2.24) is 10.4 Å². The molecule has 6 rings (SSSR count). The maximum atomic E-state index is 14.6. The van der Waals surface area contributed by atoms with Crippen LogP contribution in [0.5, 0.6) is 11.5 Å². The number of hydrogen-bond acceptors (Lipinski definition) is 7. The zero-order valence-electron chi connectivity index (χ0n) is 29.5. The summed E-state index contributed by atoms with van der Waals surface area (Å²) < 4.78 is 39.9. The number of nitrogens with one attached hydrogen (secondary N) is 1. The SMILES string of the molecule is C=C1CN([C@@H](CN(c2ccc(Oc3ccc(C)cc3)cc2)S(C)(=O)=O)C(=O)NOC(c2ccccc2)(c2ccccc2)c2ccccc2)C[C@@H](C)O1. The lowest BCUT2D eigenvalue weighted by molar-refractivity contribution is -0.150. The summed E-state index contributed by atoms with van der Waals surface area (Å²) >= 11 is 0. The first-order chi connectivity index (χ1) is 25.0. The highest BCUT2D eigenvalue weighted by Gasteiger charge is 2.41. The zero-order chi connectivity index (χ0) is 36.7. The van der Waals surface area contributed by atoms with Crippen LogP contribution in [-0.4, -0.2) is 57.3 Å². The summed E-state index contributed by atoms with van der Waals surface area (Å²) in [4.78, 5) is 23.1. The van der Waals surface area contributed by atoms with Gasteiger partial charge in [-0.3, -0.25) is 18.8 Å². The van der Waals surface area contributed by atoms with Crippen LogP contribution in [0.15, 0.2) is 152 Å². The van der Waals surface area contributed by atoms with Gasteiger partial charge in [0.05, 0.1) is 25.0 Å². The van der Waals surface area contributed by atoms with E-state index in [-0.39, 0.29) is 19.2 Å². The molecule has 2 atom stereocenters. The van der Waals surface area contributed by atoms with E-state index in [0.717, 1.165) is 28.5 Å². The third kappa shape index (κ3) is 8.37. The summed E-state index contributed by atoms with van der Waals surface area (Å²) in [5.41, 5.74) is 5.44. The number of amides is 1. The molecule has 0 saturated carbocycles. The molecule has 0 aromatic heterocycles. The number of anilines is 1. The number of ether oxygens (including phenoxy) is 2. The van der Waals surface area contributed by atoms with Crippen molar-refractivity contribution < 1.29 is 27.5 Å². The second kappa shape index (κ2) is 15.9. The summed E-state index contributed by atoms with van der Waals surface area (Å²) in [5.74, 6) is 1.16. The van der Waals surface area contributed by atoms with Crippen molar-refractivity contribution in [2.45, 2.75) is 31.6 Å². The highest BCUT2D eigenvalue weighted by atomic mass is 32.2.